The number of hydrogen-bond acceptors (Lipinski definition) is 6. The smallest absolute Gasteiger partial charge is 0.234 e. The average Bonchev–Trinajstić information content (AvgIpc) is 3.23. The van der Waals surface area contributed by atoms with Crippen molar-refractivity contribution in [2.45, 2.75) is 12.1 Å². The molecule has 1 N–H and O–H groups in total. The van der Waals surface area contributed by atoms with Gasteiger partial charge in [0, 0.05) is 34.4 Å². The van der Waals surface area contributed by atoms with Crippen LogP contribution in [0.1, 0.15) is 6.92 Å². The summed E-state index contributed by atoms with van der Waals surface area (Å²) in [6.07, 6.45) is 3.44. The zero-order valence-electron chi connectivity index (χ0n) is 17.2. The van der Waals surface area contributed by atoms with Crippen molar-refractivity contribution in [2.24, 2.45) is 0 Å². The molecule has 9 heteroatoms. The molecule has 0 saturated carbocycles. The second-order valence-electron chi connectivity index (χ2n) is 6.66. The fourth-order valence-corrected chi connectivity index (χ4v) is 3.97. The summed E-state index contributed by atoms with van der Waals surface area (Å²) in [4.78, 5) is 16.7. The van der Waals surface area contributed by atoms with E-state index in [0.29, 0.717) is 28.3 Å². The van der Waals surface area contributed by atoms with E-state index in [4.69, 9.17) is 16.3 Å². The Labute approximate surface area is 194 Å². The summed E-state index contributed by atoms with van der Waals surface area (Å²) in [7, 11) is 0. The molecule has 162 valence electrons. The number of hydrogen-bond donors (Lipinski definition) is 1. The Morgan fingerprint density at radius 2 is 1.97 bits per heavy atom. The zero-order valence-corrected chi connectivity index (χ0v) is 18.8. The van der Waals surface area contributed by atoms with Crippen molar-refractivity contribution < 1.29 is 9.53 Å². The lowest BCUT2D eigenvalue weighted by molar-refractivity contribution is -0.113. The van der Waals surface area contributed by atoms with Crippen LogP contribution in [0.15, 0.2) is 78.2 Å². The topological polar surface area (TPSA) is 81.9 Å². The van der Waals surface area contributed by atoms with Crippen molar-refractivity contribution in [3.63, 3.8) is 0 Å². The number of rotatable bonds is 8. The van der Waals surface area contributed by atoms with Gasteiger partial charge in [0.2, 0.25) is 5.91 Å². The number of amides is 1. The van der Waals surface area contributed by atoms with Crippen LogP contribution in [0.5, 0.6) is 5.75 Å². The lowest BCUT2D eigenvalue weighted by atomic mass is 10.2. The van der Waals surface area contributed by atoms with Gasteiger partial charge in [-0.25, -0.2) is 0 Å². The number of carbonyl (C=O) groups is 1. The Morgan fingerprint density at radius 1 is 1.12 bits per heavy atom. The molecule has 0 atom stereocenters. The van der Waals surface area contributed by atoms with E-state index in [0.717, 1.165) is 17.0 Å². The number of thioether (sulfide) groups is 1. The van der Waals surface area contributed by atoms with Gasteiger partial charge in [0.05, 0.1) is 12.4 Å². The number of nitrogens with one attached hydrogen (secondary N) is 1. The number of aromatic nitrogens is 4. The van der Waals surface area contributed by atoms with E-state index < -0.39 is 0 Å². The van der Waals surface area contributed by atoms with Crippen LogP contribution in [0.3, 0.4) is 0 Å². The highest BCUT2D eigenvalue weighted by Crippen LogP contribution is 2.28. The molecule has 32 heavy (non-hydrogen) atoms. The molecule has 0 saturated heterocycles. The largest absolute Gasteiger partial charge is 0.494 e. The summed E-state index contributed by atoms with van der Waals surface area (Å²) in [6, 6.07) is 18.5. The second kappa shape index (κ2) is 10.3. The standard InChI is InChI=1S/C23H20ClN5O2S/c1-2-31-20-10-8-19(9-11-20)29-22(16-5-4-12-25-14-16)27-28-23(29)32-15-21(30)26-18-7-3-6-17(24)13-18/h3-14H,2,15H2,1H3,(H,26,30). The third-order valence-electron chi connectivity index (χ3n) is 4.40. The monoisotopic (exact) mass is 465 g/mol. The van der Waals surface area contributed by atoms with Crippen LogP contribution in [0, 0.1) is 0 Å². The van der Waals surface area contributed by atoms with Gasteiger partial charge in [-0.2, -0.15) is 0 Å². The van der Waals surface area contributed by atoms with Gasteiger partial charge in [-0.3, -0.25) is 14.3 Å². The lowest BCUT2D eigenvalue weighted by Crippen LogP contribution is -2.14. The molecule has 2 aromatic carbocycles. The van der Waals surface area contributed by atoms with Gasteiger partial charge in [-0.15, -0.1) is 10.2 Å². The molecule has 2 heterocycles. The normalized spacial score (nSPS) is 10.7. The summed E-state index contributed by atoms with van der Waals surface area (Å²) in [5.41, 5.74) is 2.33. The van der Waals surface area contributed by atoms with Gasteiger partial charge < -0.3 is 10.1 Å². The highest BCUT2D eigenvalue weighted by atomic mass is 35.5. The second-order valence-corrected chi connectivity index (χ2v) is 8.04. The molecule has 7 nitrogen and oxygen atoms in total. The average molecular weight is 466 g/mol. The fraction of sp³-hybridized carbons (Fsp3) is 0.130. The van der Waals surface area contributed by atoms with E-state index in [1.165, 1.54) is 11.8 Å². The molecule has 4 rings (SSSR count). The van der Waals surface area contributed by atoms with Gasteiger partial charge in [0.1, 0.15) is 5.75 Å². The van der Waals surface area contributed by atoms with E-state index in [9.17, 15) is 4.79 Å². The van der Waals surface area contributed by atoms with Gasteiger partial charge in [0.15, 0.2) is 11.0 Å². The number of carbonyl (C=O) groups excluding carboxylic acids is 1. The van der Waals surface area contributed by atoms with Crippen molar-refractivity contribution in [3.05, 3.63) is 78.1 Å². The minimum absolute atomic E-state index is 0.161. The molecule has 0 aliphatic rings. The molecule has 1 amide bonds. The zero-order chi connectivity index (χ0) is 22.3. The third kappa shape index (κ3) is 5.27. The Hall–Kier alpha value is -3.36. The van der Waals surface area contributed by atoms with Crippen molar-refractivity contribution in [1.82, 2.24) is 19.7 Å². The van der Waals surface area contributed by atoms with Crippen LogP contribution in [0.25, 0.3) is 17.1 Å². The third-order valence-corrected chi connectivity index (χ3v) is 5.56. The maximum Gasteiger partial charge on any atom is 0.234 e. The number of nitrogens with zero attached hydrogens (tertiary/aromatic N) is 4. The molecular weight excluding hydrogens is 446 g/mol. The van der Waals surface area contributed by atoms with E-state index in [-0.39, 0.29) is 11.7 Å². The number of ether oxygens (including phenoxy) is 1. The van der Waals surface area contributed by atoms with Crippen molar-refractivity contribution in [1.29, 1.82) is 0 Å². The Bertz CT molecular complexity index is 1200. The predicted octanol–water partition coefficient (Wildman–Crippen LogP) is 5.11. The molecular formula is C23H20ClN5O2S. The van der Waals surface area contributed by atoms with Crippen LogP contribution >= 0.6 is 23.4 Å². The number of pyridine rings is 1. The van der Waals surface area contributed by atoms with Crippen molar-refractivity contribution in [3.8, 4) is 22.8 Å². The first-order valence-electron chi connectivity index (χ1n) is 9.91. The van der Waals surface area contributed by atoms with Crippen molar-refractivity contribution in [2.75, 3.05) is 17.7 Å². The SMILES string of the molecule is CCOc1ccc(-n2c(SCC(=O)Nc3cccc(Cl)c3)nnc2-c2cccnc2)cc1. The lowest BCUT2D eigenvalue weighted by Gasteiger charge is -2.11. The molecule has 2 aromatic heterocycles. The van der Waals surface area contributed by atoms with Crippen LogP contribution in [0.4, 0.5) is 5.69 Å². The molecule has 0 unspecified atom stereocenters. The summed E-state index contributed by atoms with van der Waals surface area (Å²) in [5, 5.41) is 12.7. The summed E-state index contributed by atoms with van der Waals surface area (Å²) < 4.78 is 7.46. The Morgan fingerprint density at radius 3 is 2.69 bits per heavy atom. The van der Waals surface area contributed by atoms with Crippen LogP contribution in [0.2, 0.25) is 5.02 Å². The van der Waals surface area contributed by atoms with E-state index in [1.54, 1.807) is 36.7 Å². The number of anilines is 1. The first-order valence-corrected chi connectivity index (χ1v) is 11.3. The Balaban J connectivity index is 1.59. The predicted molar refractivity (Wildman–Crippen MR) is 127 cm³/mol. The van der Waals surface area contributed by atoms with Crippen molar-refractivity contribution >= 4 is 35.0 Å². The van der Waals surface area contributed by atoms with Gasteiger partial charge in [-0.05, 0) is 61.5 Å². The highest BCUT2D eigenvalue weighted by Gasteiger charge is 2.17. The maximum absolute atomic E-state index is 12.5. The molecule has 0 radical (unpaired) electrons. The van der Waals surface area contributed by atoms with Crippen LogP contribution < -0.4 is 10.1 Å². The molecule has 0 aliphatic heterocycles. The quantitative estimate of drug-likeness (QED) is 0.364. The van der Waals surface area contributed by atoms with E-state index >= 15 is 0 Å². The molecule has 0 spiro atoms. The van der Waals surface area contributed by atoms with Gasteiger partial charge >= 0.3 is 0 Å². The van der Waals surface area contributed by atoms with Crippen LogP contribution in [-0.4, -0.2) is 38.0 Å². The first-order chi connectivity index (χ1) is 15.6. The molecule has 0 bridgehead atoms. The summed E-state index contributed by atoms with van der Waals surface area (Å²) in [5.74, 6) is 1.41. The number of halogens is 1. The van der Waals surface area contributed by atoms with E-state index in [1.807, 2.05) is 47.9 Å². The molecule has 0 aliphatic carbocycles. The van der Waals surface area contributed by atoms with Crippen LogP contribution in [-0.2, 0) is 4.79 Å². The minimum Gasteiger partial charge on any atom is -0.494 e. The van der Waals surface area contributed by atoms with Gasteiger partial charge in [0.25, 0.3) is 0 Å². The number of benzene rings is 2. The van der Waals surface area contributed by atoms with Gasteiger partial charge in [-0.1, -0.05) is 29.4 Å². The maximum atomic E-state index is 12.5. The molecule has 4 aromatic rings. The summed E-state index contributed by atoms with van der Waals surface area (Å²) in [6.45, 7) is 2.53. The molecule has 0 fully saturated rings. The fourth-order valence-electron chi connectivity index (χ4n) is 3.03. The summed E-state index contributed by atoms with van der Waals surface area (Å²) >= 11 is 7.29. The minimum atomic E-state index is -0.165. The highest BCUT2D eigenvalue weighted by molar-refractivity contribution is 7.99. The Kier molecular flexibility index (Phi) is 7.03. The first kappa shape index (κ1) is 21.9. The van der Waals surface area contributed by atoms with E-state index in [2.05, 4.69) is 20.5 Å².